The summed E-state index contributed by atoms with van der Waals surface area (Å²) in [5, 5.41) is 9.04. The second-order valence-corrected chi connectivity index (χ2v) is 5.34. The third-order valence-electron chi connectivity index (χ3n) is 2.80. The summed E-state index contributed by atoms with van der Waals surface area (Å²) in [6.07, 6.45) is 2.81. The van der Waals surface area contributed by atoms with Crippen molar-refractivity contribution < 1.29 is 14.1 Å². The Morgan fingerprint density at radius 2 is 1.86 bits per heavy atom. The monoisotopic (exact) mass is 302 g/mol. The maximum atomic E-state index is 12.1. The molecular formula is C15H18N4O3. The van der Waals surface area contributed by atoms with Crippen molar-refractivity contribution in [3.8, 4) is 0 Å². The van der Waals surface area contributed by atoms with Crippen LogP contribution in [0.5, 0.6) is 0 Å². The minimum Gasteiger partial charge on any atom is -0.360 e. The highest BCUT2D eigenvalue weighted by molar-refractivity contribution is 6.05. The highest BCUT2D eigenvalue weighted by Crippen LogP contribution is 2.10. The largest absolute Gasteiger partial charge is 0.360 e. The summed E-state index contributed by atoms with van der Waals surface area (Å²) in [6, 6.07) is 3.09. The van der Waals surface area contributed by atoms with Crippen LogP contribution in [0.4, 0.5) is 5.82 Å². The number of nitrogens with one attached hydrogen (secondary N) is 2. The number of aryl methyl sites for hydroxylation is 1. The summed E-state index contributed by atoms with van der Waals surface area (Å²) in [4.78, 5) is 28.0. The molecule has 0 radical (unpaired) electrons. The maximum Gasteiger partial charge on any atom is 0.258 e. The SMILES string of the molecule is Cc1cc(NC(=O)c2cncc(C(=O)NCC(C)C)c2)no1. The van der Waals surface area contributed by atoms with Gasteiger partial charge >= 0.3 is 0 Å². The first-order chi connectivity index (χ1) is 10.5. The van der Waals surface area contributed by atoms with E-state index in [0.29, 0.717) is 29.6 Å². The van der Waals surface area contributed by atoms with Crippen molar-refractivity contribution in [3.63, 3.8) is 0 Å². The van der Waals surface area contributed by atoms with Gasteiger partial charge in [-0.1, -0.05) is 19.0 Å². The molecule has 0 unspecified atom stereocenters. The Balaban J connectivity index is 2.07. The summed E-state index contributed by atoms with van der Waals surface area (Å²) < 4.78 is 4.87. The molecule has 0 atom stereocenters. The van der Waals surface area contributed by atoms with Crippen LogP contribution in [-0.2, 0) is 0 Å². The number of anilines is 1. The summed E-state index contributed by atoms with van der Waals surface area (Å²) in [5.74, 6) is 0.596. The number of amides is 2. The molecule has 2 heterocycles. The van der Waals surface area contributed by atoms with E-state index in [0.717, 1.165) is 0 Å². The molecule has 0 aromatic carbocycles. The summed E-state index contributed by atoms with van der Waals surface area (Å²) in [6.45, 7) is 6.29. The molecule has 2 N–H and O–H groups in total. The highest BCUT2D eigenvalue weighted by Gasteiger charge is 2.13. The lowest BCUT2D eigenvalue weighted by molar-refractivity contribution is 0.0948. The van der Waals surface area contributed by atoms with Crippen LogP contribution in [0.15, 0.2) is 29.0 Å². The quantitative estimate of drug-likeness (QED) is 0.880. The van der Waals surface area contributed by atoms with Gasteiger partial charge < -0.3 is 15.2 Å². The van der Waals surface area contributed by atoms with Gasteiger partial charge in [-0.2, -0.15) is 0 Å². The first kappa shape index (κ1) is 15.7. The van der Waals surface area contributed by atoms with E-state index in [2.05, 4.69) is 20.8 Å². The molecule has 22 heavy (non-hydrogen) atoms. The van der Waals surface area contributed by atoms with E-state index >= 15 is 0 Å². The number of carbonyl (C=O) groups excluding carboxylic acids is 2. The Kier molecular flexibility index (Phi) is 4.88. The zero-order chi connectivity index (χ0) is 16.1. The first-order valence-corrected chi connectivity index (χ1v) is 6.93. The van der Waals surface area contributed by atoms with Gasteiger partial charge in [-0.3, -0.25) is 14.6 Å². The number of hydrogen-bond acceptors (Lipinski definition) is 5. The van der Waals surface area contributed by atoms with Crippen molar-refractivity contribution in [2.45, 2.75) is 20.8 Å². The van der Waals surface area contributed by atoms with E-state index in [1.165, 1.54) is 18.5 Å². The van der Waals surface area contributed by atoms with Gasteiger partial charge in [0, 0.05) is 25.0 Å². The van der Waals surface area contributed by atoms with Crippen LogP contribution in [0.1, 0.15) is 40.3 Å². The molecule has 0 fully saturated rings. The molecular weight excluding hydrogens is 284 g/mol. The number of hydrogen-bond donors (Lipinski definition) is 2. The van der Waals surface area contributed by atoms with Crippen LogP contribution in [0.3, 0.4) is 0 Å². The van der Waals surface area contributed by atoms with Crippen molar-refractivity contribution in [1.29, 1.82) is 0 Å². The Hall–Kier alpha value is -2.70. The van der Waals surface area contributed by atoms with Gasteiger partial charge in [0.25, 0.3) is 11.8 Å². The fourth-order valence-corrected chi connectivity index (χ4v) is 1.70. The van der Waals surface area contributed by atoms with E-state index in [4.69, 9.17) is 4.52 Å². The molecule has 0 saturated carbocycles. The average Bonchev–Trinajstić information content (AvgIpc) is 2.90. The van der Waals surface area contributed by atoms with E-state index in [9.17, 15) is 9.59 Å². The van der Waals surface area contributed by atoms with E-state index < -0.39 is 5.91 Å². The Morgan fingerprint density at radius 3 is 2.45 bits per heavy atom. The molecule has 116 valence electrons. The lowest BCUT2D eigenvalue weighted by Gasteiger charge is -2.08. The molecule has 0 spiro atoms. The van der Waals surface area contributed by atoms with Crippen LogP contribution in [0.25, 0.3) is 0 Å². The van der Waals surface area contributed by atoms with Gasteiger partial charge in [-0.15, -0.1) is 0 Å². The van der Waals surface area contributed by atoms with Crippen LogP contribution in [-0.4, -0.2) is 28.5 Å². The third kappa shape index (κ3) is 4.15. The summed E-state index contributed by atoms with van der Waals surface area (Å²) >= 11 is 0. The lowest BCUT2D eigenvalue weighted by Crippen LogP contribution is -2.27. The summed E-state index contributed by atoms with van der Waals surface area (Å²) in [5.41, 5.74) is 0.613. The van der Waals surface area contributed by atoms with Gasteiger partial charge in [0.05, 0.1) is 11.1 Å². The van der Waals surface area contributed by atoms with Crippen LogP contribution < -0.4 is 10.6 Å². The molecule has 7 heteroatoms. The molecule has 0 aliphatic carbocycles. The predicted molar refractivity (Wildman–Crippen MR) is 80.6 cm³/mol. The number of carbonyl (C=O) groups is 2. The molecule has 2 aromatic heterocycles. The van der Waals surface area contributed by atoms with Crippen molar-refractivity contribution in [2.24, 2.45) is 5.92 Å². The number of pyridine rings is 1. The standard InChI is InChI=1S/C15H18N4O3/c1-9(2)6-17-14(20)11-5-12(8-16-7-11)15(21)18-13-4-10(3)22-19-13/h4-5,7-9H,6H2,1-3H3,(H,17,20)(H,18,19,21). The smallest absolute Gasteiger partial charge is 0.258 e. The lowest BCUT2D eigenvalue weighted by atomic mass is 10.1. The molecule has 0 aliphatic heterocycles. The zero-order valence-electron chi connectivity index (χ0n) is 12.7. The second-order valence-electron chi connectivity index (χ2n) is 5.34. The normalized spacial score (nSPS) is 10.5. The minimum absolute atomic E-state index is 0.256. The van der Waals surface area contributed by atoms with Crippen molar-refractivity contribution in [1.82, 2.24) is 15.5 Å². The Bertz CT molecular complexity index is 679. The van der Waals surface area contributed by atoms with Crippen molar-refractivity contribution in [2.75, 3.05) is 11.9 Å². The predicted octanol–water partition coefficient (Wildman–Crippen LogP) is 2.02. The van der Waals surface area contributed by atoms with Crippen molar-refractivity contribution in [3.05, 3.63) is 41.4 Å². The van der Waals surface area contributed by atoms with E-state index in [-0.39, 0.29) is 11.5 Å². The van der Waals surface area contributed by atoms with Gasteiger partial charge in [0.15, 0.2) is 5.82 Å². The Labute approximate surface area is 128 Å². The van der Waals surface area contributed by atoms with E-state index in [1.54, 1.807) is 13.0 Å². The summed E-state index contributed by atoms with van der Waals surface area (Å²) in [7, 11) is 0. The second kappa shape index (κ2) is 6.84. The zero-order valence-corrected chi connectivity index (χ0v) is 12.7. The van der Waals surface area contributed by atoms with Gasteiger partial charge in [0.2, 0.25) is 0 Å². The van der Waals surface area contributed by atoms with Gasteiger partial charge in [-0.05, 0) is 18.9 Å². The van der Waals surface area contributed by atoms with Crippen LogP contribution in [0.2, 0.25) is 0 Å². The number of aromatic nitrogens is 2. The van der Waals surface area contributed by atoms with Crippen LogP contribution in [0, 0.1) is 12.8 Å². The average molecular weight is 302 g/mol. The van der Waals surface area contributed by atoms with Crippen molar-refractivity contribution >= 4 is 17.6 Å². The van der Waals surface area contributed by atoms with Crippen LogP contribution >= 0.6 is 0 Å². The fraction of sp³-hybridized carbons (Fsp3) is 0.333. The minimum atomic E-state index is -0.403. The molecule has 7 nitrogen and oxygen atoms in total. The molecule has 0 saturated heterocycles. The fourth-order valence-electron chi connectivity index (χ4n) is 1.70. The highest BCUT2D eigenvalue weighted by atomic mass is 16.5. The first-order valence-electron chi connectivity index (χ1n) is 6.93. The number of rotatable bonds is 5. The Morgan fingerprint density at radius 1 is 1.18 bits per heavy atom. The number of nitrogens with zero attached hydrogens (tertiary/aromatic N) is 2. The maximum absolute atomic E-state index is 12.1. The van der Waals surface area contributed by atoms with Gasteiger partial charge in [0.1, 0.15) is 5.76 Å². The molecule has 2 amide bonds. The molecule has 0 bridgehead atoms. The molecule has 2 aromatic rings. The topological polar surface area (TPSA) is 97.1 Å². The van der Waals surface area contributed by atoms with E-state index in [1.807, 2.05) is 13.8 Å². The molecule has 0 aliphatic rings. The molecule has 2 rings (SSSR count). The third-order valence-corrected chi connectivity index (χ3v) is 2.80. The van der Waals surface area contributed by atoms with Gasteiger partial charge in [-0.25, -0.2) is 0 Å².